The minimum absolute atomic E-state index is 0.0883. The Balaban J connectivity index is 1.60. The zero-order valence-corrected chi connectivity index (χ0v) is 14.2. The molecule has 1 N–H and O–H groups in total. The van der Waals surface area contributed by atoms with E-state index in [4.69, 9.17) is 4.74 Å². The maximum Gasteiger partial charge on any atom is 0.222 e. The number of carbonyl (C=O) groups is 2. The van der Waals surface area contributed by atoms with Gasteiger partial charge in [-0.2, -0.15) is 0 Å². The van der Waals surface area contributed by atoms with Gasteiger partial charge < -0.3 is 15.0 Å². The van der Waals surface area contributed by atoms with Crippen LogP contribution in [0.25, 0.3) is 0 Å². The molecule has 2 unspecified atom stereocenters. The predicted octanol–water partition coefficient (Wildman–Crippen LogP) is -0.524. The number of nitrogens with one attached hydrogen (secondary N) is 1. The second kappa shape index (κ2) is 7.15. The quantitative estimate of drug-likeness (QED) is 0.740. The number of carbonyl (C=O) groups excluding carboxylic acids is 2. The first-order valence-electron chi connectivity index (χ1n) is 8.67. The lowest BCUT2D eigenvalue weighted by molar-refractivity contribution is -0.135. The van der Waals surface area contributed by atoms with Crippen LogP contribution in [0.2, 0.25) is 0 Å². The van der Waals surface area contributed by atoms with Gasteiger partial charge in [0.25, 0.3) is 0 Å². The van der Waals surface area contributed by atoms with Crippen molar-refractivity contribution in [2.45, 2.75) is 44.9 Å². The van der Waals surface area contributed by atoms with Gasteiger partial charge in [-0.15, -0.1) is 0 Å². The average Bonchev–Trinajstić information content (AvgIpc) is 2.55. The summed E-state index contributed by atoms with van der Waals surface area (Å²) in [7, 11) is 0. The average molecular weight is 324 g/mol. The zero-order valence-electron chi connectivity index (χ0n) is 14.2. The Morgan fingerprint density at radius 2 is 1.96 bits per heavy atom. The van der Waals surface area contributed by atoms with Crippen LogP contribution in [0.15, 0.2) is 0 Å². The lowest BCUT2D eigenvalue weighted by Gasteiger charge is -2.46. The van der Waals surface area contributed by atoms with Crippen molar-refractivity contribution in [2.24, 2.45) is 0 Å². The number of ether oxygens (including phenoxy) is 1. The SMILES string of the molecule is CC(=O)N1CCN(C2CC(N3CCOC[C@H]3C)CC(=O)N2)CC1. The minimum atomic E-state index is 0.0883. The normalized spacial score (nSPS) is 34.3. The van der Waals surface area contributed by atoms with Crippen LogP contribution >= 0.6 is 0 Å². The third-order valence-electron chi connectivity index (χ3n) is 5.33. The number of rotatable bonds is 2. The molecule has 3 heterocycles. The fraction of sp³-hybridized carbons (Fsp3) is 0.875. The van der Waals surface area contributed by atoms with E-state index in [0.29, 0.717) is 18.5 Å². The minimum Gasteiger partial charge on any atom is -0.379 e. The van der Waals surface area contributed by atoms with Gasteiger partial charge in [0.05, 0.1) is 19.4 Å². The van der Waals surface area contributed by atoms with Crippen LogP contribution in [0.5, 0.6) is 0 Å². The van der Waals surface area contributed by atoms with E-state index < -0.39 is 0 Å². The molecule has 0 aromatic heterocycles. The summed E-state index contributed by atoms with van der Waals surface area (Å²) in [5.74, 6) is 0.274. The first-order valence-corrected chi connectivity index (χ1v) is 8.67. The lowest BCUT2D eigenvalue weighted by atomic mass is 9.98. The highest BCUT2D eigenvalue weighted by molar-refractivity contribution is 5.77. The summed E-state index contributed by atoms with van der Waals surface area (Å²) in [6, 6.07) is 0.661. The van der Waals surface area contributed by atoms with Gasteiger partial charge in [-0.3, -0.25) is 19.4 Å². The van der Waals surface area contributed by atoms with E-state index in [0.717, 1.165) is 52.4 Å². The van der Waals surface area contributed by atoms with Gasteiger partial charge >= 0.3 is 0 Å². The first kappa shape index (κ1) is 16.7. The van der Waals surface area contributed by atoms with Crippen LogP contribution in [0.3, 0.4) is 0 Å². The number of hydrogen-bond donors (Lipinski definition) is 1. The molecule has 3 fully saturated rings. The van der Waals surface area contributed by atoms with Crippen molar-refractivity contribution in [1.29, 1.82) is 0 Å². The summed E-state index contributed by atoms with van der Waals surface area (Å²) in [5, 5.41) is 3.14. The van der Waals surface area contributed by atoms with Crippen LogP contribution in [-0.4, -0.2) is 90.7 Å². The molecule has 0 aliphatic carbocycles. The van der Waals surface area contributed by atoms with Gasteiger partial charge in [0, 0.05) is 58.2 Å². The number of hydrogen-bond acceptors (Lipinski definition) is 5. The highest BCUT2D eigenvalue weighted by atomic mass is 16.5. The maximum atomic E-state index is 12.2. The smallest absolute Gasteiger partial charge is 0.222 e. The van der Waals surface area contributed by atoms with Crippen molar-refractivity contribution in [2.75, 3.05) is 45.9 Å². The lowest BCUT2D eigenvalue weighted by Crippen LogP contribution is -2.62. The van der Waals surface area contributed by atoms with Crippen molar-refractivity contribution < 1.29 is 14.3 Å². The van der Waals surface area contributed by atoms with Crippen LogP contribution in [0.4, 0.5) is 0 Å². The molecule has 7 nitrogen and oxygen atoms in total. The Bertz CT molecular complexity index is 451. The summed E-state index contributed by atoms with van der Waals surface area (Å²) >= 11 is 0. The van der Waals surface area contributed by atoms with Gasteiger partial charge in [-0.1, -0.05) is 0 Å². The standard InChI is InChI=1S/C16H28N4O3/c1-12-11-23-8-7-20(12)14-9-15(17-16(22)10-14)19-5-3-18(4-6-19)13(2)21/h12,14-15H,3-11H2,1-2H3,(H,17,22)/t12-,14?,15?/m1/s1. The van der Waals surface area contributed by atoms with Gasteiger partial charge in [0.15, 0.2) is 0 Å². The highest BCUT2D eigenvalue weighted by Crippen LogP contribution is 2.23. The predicted molar refractivity (Wildman–Crippen MR) is 85.8 cm³/mol. The Morgan fingerprint density at radius 3 is 2.61 bits per heavy atom. The molecule has 3 atom stereocenters. The Kier molecular flexibility index (Phi) is 5.18. The topological polar surface area (TPSA) is 65.1 Å². The molecule has 3 aliphatic heterocycles. The Labute approximate surface area is 137 Å². The molecule has 7 heteroatoms. The zero-order chi connectivity index (χ0) is 16.4. The number of amides is 2. The Hall–Kier alpha value is -1.18. The summed E-state index contributed by atoms with van der Waals surface area (Å²) in [6.07, 6.45) is 1.62. The van der Waals surface area contributed by atoms with Gasteiger partial charge in [0.1, 0.15) is 0 Å². The largest absolute Gasteiger partial charge is 0.379 e. The molecule has 0 aromatic carbocycles. The van der Waals surface area contributed by atoms with Crippen LogP contribution in [0.1, 0.15) is 26.7 Å². The van der Waals surface area contributed by atoms with E-state index in [9.17, 15) is 9.59 Å². The molecule has 0 aromatic rings. The van der Waals surface area contributed by atoms with E-state index in [2.05, 4.69) is 22.0 Å². The van der Waals surface area contributed by atoms with Gasteiger partial charge in [0.2, 0.25) is 11.8 Å². The van der Waals surface area contributed by atoms with E-state index >= 15 is 0 Å². The number of morpholine rings is 1. The number of nitrogens with zero attached hydrogens (tertiary/aromatic N) is 3. The third-order valence-corrected chi connectivity index (χ3v) is 5.33. The van der Waals surface area contributed by atoms with E-state index in [-0.39, 0.29) is 18.0 Å². The molecule has 3 saturated heterocycles. The molecule has 0 saturated carbocycles. The van der Waals surface area contributed by atoms with Crippen molar-refractivity contribution in [1.82, 2.24) is 20.0 Å². The molecule has 0 radical (unpaired) electrons. The molecular formula is C16H28N4O3. The third kappa shape index (κ3) is 3.84. The van der Waals surface area contributed by atoms with E-state index in [1.54, 1.807) is 6.92 Å². The van der Waals surface area contributed by atoms with Gasteiger partial charge in [-0.25, -0.2) is 0 Å². The molecule has 0 spiro atoms. The van der Waals surface area contributed by atoms with Gasteiger partial charge in [-0.05, 0) is 13.3 Å². The monoisotopic (exact) mass is 324 g/mol. The summed E-state index contributed by atoms with van der Waals surface area (Å²) in [5.41, 5.74) is 0. The highest BCUT2D eigenvalue weighted by Gasteiger charge is 2.37. The van der Waals surface area contributed by atoms with Crippen LogP contribution in [-0.2, 0) is 14.3 Å². The van der Waals surface area contributed by atoms with Crippen molar-refractivity contribution in [3.05, 3.63) is 0 Å². The summed E-state index contributed by atoms with van der Waals surface area (Å²) < 4.78 is 5.52. The Morgan fingerprint density at radius 1 is 1.22 bits per heavy atom. The van der Waals surface area contributed by atoms with E-state index in [1.807, 2.05) is 4.90 Å². The molecule has 3 rings (SSSR count). The van der Waals surface area contributed by atoms with E-state index in [1.165, 1.54) is 0 Å². The second-order valence-electron chi connectivity index (χ2n) is 6.88. The fourth-order valence-corrected chi connectivity index (χ4v) is 3.98. The van der Waals surface area contributed by atoms with Crippen molar-refractivity contribution in [3.8, 4) is 0 Å². The van der Waals surface area contributed by atoms with Crippen LogP contribution < -0.4 is 5.32 Å². The molecular weight excluding hydrogens is 296 g/mol. The molecule has 130 valence electrons. The second-order valence-corrected chi connectivity index (χ2v) is 6.88. The fourth-order valence-electron chi connectivity index (χ4n) is 3.98. The molecule has 3 aliphatic rings. The van der Waals surface area contributed by atoms with Crippen molar-refractivity contribution in [3.63, 3.8) is 0 Å². The number of piperazine rings is 1. The summed E-state index contributed by atoms with van der Waals surface area (Å²) in [4.78, 5) is 30.3. The van der Waals surface area contributed by atoms with Crippen LogP contribution in [0, 0.1) is 0 Å². The van der Waals surface area contributed by atoms with Crippen molar-refractivity contribution >= 4 is 11.8 Å². The summed E-state index contributed by atoms with van der Waals surface area (Å²) in [6.45, 7) is 9.36. The number of piperidine rings is 1. The molecule has 2 amide bonds. The first-order chi connectivity index (χ1) is 11.0. The molecule has 23 heavy (non-hydrogen) atoms. The maximum absolute atomic E-state index is 12.2. The molecule has 0 bridgehead atoms.